The number of nitrogens with zero attached hydrogens (tertiary/aromatic N) is 1. The minimum atomic E-state index is 0.0385. The fourth-order valence-electron chi connectivity index (χ4n) is 7.67. The standard InChI is InChI=1S/C42H83NO2/c1-7-10-13-14-15-16-19-24-29-39(36-40-32-34-43(37-40)42(4,5)6)30-25-20-17-18-21-26-31-41(44)45-35-33-38(27-22-11-8-2)28-23-12-9-3/h38-40H,7-37H2,1-6H3/t39?,40-/m0/s1. The molecular formula is C42H83NO2. The second-order valence-electron chi connectivity index (χ2n) is 16.2. The van der Waals surface area contributed by atoms with E-state index < -0.39 is 0 Å². The Labute approximate surface area is 284 Å². The van der Waals surface area contributed by atoms with Crippen LogP contribution in [-0.4, -0.2) is 36.1 Å². The highest BCUT2D eigenvalue weighted by molar-refractivity contribution is 5.69. The Kier molecular flexibility index (Phi) is 26.8. The van der Waals surface area contributed by atoms with Crippen molar-refractivity contribution in [3.63, 3.8) is 0 Å². The number of rotatable bonds is 31. The molecule has 0 bridgehead atoms. The van der Waals surface area contributed by atoms with Gasteiger partial charge in [-0.2, -0.15) is 0 Å². The molecule has 2 atom stereocenters. The van der Waals surface area contributed by atoms with Crippen LogP contribution in [-0.2, 0) is 9.53 Å². The Hall–Kier alpha value is -0.570. The molecule has 1 unspecified atom stereocenters. The van der Waals surface area contributed by atoms with E-state index in [0.29, 0.717) is 18.6 Å². The number of carbonyl (C=O) groups is 1. The highest BCUT2D eigenvalue weighted by Crippen LogP contribution is 2.32. The summed E-state index contributed by atoms with van der Waals surface area (Å²) in [6.07, 6.45) is 37.0. The minimum Gasteiger partial charge on any atom is -0.466 e. The normalized spacial score (nSPS) is 16.6. The van der Waals surface area contributed by atoms with Crippen molar-refractivity contribution in [2.45, 2.75) is 227 Å². The number of hydrogen-bond donors (Lipinski definition) is 0. The van der Waals surface area contributed by atoms with E-state index >= 15 is 0 Å². The van der Waals surface area contributed by atoms with E-state index in [0.717, 1.165) is 30.6 Å². The molecule has 0 aromatic rings. The van der Waals surface area contributed by atoms with Gasteiger partial charge in [0.05, 0.1) is 6.61 Å². The van der Waals surface area contributed by atoms with Crippen LogP contribution in [0.2, 0.25) is 0 Å². The van der Waals surface area contributed by atoms with Crippen LogP contribution in [0.5, 0.6) is 0 Å². The molecule has 1 saturated heterocycles. The fourth-order valence-corrected chi connectivity index (χ4v) is 7.67. The van der Waals surface area contributed by atoms with Crippen LogP contribution in [0.25, 0.3) is 0 Å². The van der Waals surface area contributed by atoms with Gasteiger partial charge in [0.25, 0.3) is 0 Å². The van der Waals surface area contributed by atoms with Gasteiger partial charge in [0.2, 0.25) is 0 Å². The molecule has 0 amide bonds. The second kappa shape index (κ2) is 28.4. The molecule has 1 heterocycles. The number of carbonyl (C=O) groups excluding carboxylic acids is 1. The van der Waals surface area contributed by atoms with Gasteiger partial charge in [-0.15, -0.1) is 0 Å². The largest absolute Gasteiger partial charge is 0.466 e. The lowest BCUT2D eigenvalue weighted by molar-refractivity contribution is -0.144. The van der Waals surface area contributed by atoms with E-state index in [2.05, 4.69) is 46.4 Å². The maximum atomic E-state index is 12.3. The van der Waals surface area contributed by atoms with Crippen molar-refractivity contribution in [1.82, 2.24) is 4.90 Å². The molecule has 45 heavy (non-hydrogen) atoms. The quantitative estimate of drug-likeness (QED) is 0.0562. The molecule has 0 radical (unpaired) electrons. The summed E-state index contributed by atoms with van der Waals surface area (Å²) in [5.41, 5.74) is 0.323. The van der Waals surface area contributed by atoms with Gasteiger partial charge in [-0.25, -0.2) is 0 Å². The second-order valence-corrected chi connectivity index (χ2v) is 16.2. The van der Waals surface area contributed by atoms with Crippen LogP contribution in [0.15, 0.2) is 0 Å². The number of esters is 1. The zero-order valence-electron chi connectivity index (χ0n) is 31.9. The first-order valence-corrected chi connectivity index (χ1v) is 20.7. The molecule has 1 aliphatic rings. The molecule has 1 rings (SSSR count). The third kappa shape index (κ3) is 24.3. The molecule has 0 aromatic heterocycles. The van der Waals surface area contributed by atoms with Crippen molar-refractivity contribution >= 4 is 5.97 Å². The van der Waals surface area contributed by atoms with Gasteiger partial charge in [0.1, 0.15) is 0 Å². The SMILES string of the molecule is CCCCCCCCCCC(CCCCCCCCC(=O)OCCC(CCCCC)CCCCC)C[C@@H]1CCN(C(C)(C)C)C1. The lowest BCUT2D eigenvalue weighted by Gasteiger charge is -2.32. The van der Waals surface area contributed by atoms with E-state index in [-0.39, 0.29) is 5.97 Å². The van der Waals surface area contributed by atoms with Crippen molar-refractivity contribution in [2.75, 3.05) is 19.7 Å². The molecule has 0 aliphatic carbocycles. The maximum Gasteiger partial charge on any atom is 0.305 e. The first-order chi connectivity index (χ1) is 21.8. The third-order valence-electron chi connectivity index (χ3n) is 10.8. The molecular weight excluding hydrogens is 550 g/mol. The third-order valence-corrected chi connectivity index (χ3v) is 10.8. The fraction of sp³-hybridized carbons (Fsp3) is 0.976. The van der Waals surface area contributed by atoms with Crippen molar-refractivity contribution in [2.24, 2.45) is 17.8 Å². The smallest absolute Gasteiger partial charge is 0.305 e. The molecule has 268 valence electrons. The Balaban J connectivity index is 2.22. The van der Waals surface area contributed by atoms with Crippen molar-refractivity contribution < 1.29 is 9.53 Å². The summed E-state index contributed by atoms with van der Waals surface area (Å²) < 4.78 is 5.66. The lowest BCUT2D eigenvalue weighted by Crippen LogP contribution is -2.39. The molecule has 0 spiro atoms. The Morgan fingerprint density at radius 3 is 1.58 bits per heavy atom. The van der Waals surface area contributed by atoms with Crippen LogP contribution in [0.3, 0.4) is 0 Å². The van der Waals surface area contributed by atoms with Gasteiger partial charge in [-0.1, -0.05) is 168 Å². The van der Waals surface area contributed by atoms with Crippen LogP contribution < -0.4 is 0 Å². The lowest BCUT2D eigenvalue weighted by atomic mass is 9.85. The number of unbranched alkanes of at least 4 members (excludes halogenated alkanes) is 16. The molecule has 1 fully saturated rings. The topological polar surface area (TPSA) is 29.5 Å². The molecule has 3 heteroatoms. The summed E-state index contributed by atoms with van der Waals surface area (Å²) in [6.45, 7) is 17.3. The van der Waals surface area contributed by atoms with Crippen LogP contribution >= 0.6 is 0 Å². The first kappa shape index (κ1) is 42.5. The highest BCUT2D eigenvalue weighted by atomic mass is 16.5. The number of likely N-dealkylation sites (tertiary alicyclic amines) is 1. The monoisotopic (exact) mass is 634 g/mol. The summed E-state index contributed by atoms with van der Waals surface area (Å²) in [6, 6.07) is 0. The molecule has 0 saturated carbocycles. The zero-order valence-corrected chi connectivity index (χ0v) is 31.9. The average molecular weight is 634 g/mol. The van der Waals surface area contributed by atoms with Crippen molar-refractivity contribution in [1.29, 1.82) is 0 Å². The van der Waals surface area contributed by atoms with E-state index in [1.807, 2.05) is 0 Å². The Morgan fingerprint density at radius 2 is 1.07 bits per heavy atom. The highest BCUT2D eigenvalue weighted by Gasteiger charge is 2.31. The van der Waals surface area contributed by atoms with Gasteiger partial charge in [0, 0.05) is 18.5 Å². The Morgan fingerprint density at radius 1 is 0.622 bits per heavy atom. The van der Waals surface area contributed by atoms with Gasteiger partial charge in [0.15, 0.2) is 0 Å². The molecule has 1 aliphatic heterocycles. The van der Waals surface area contributed by atoms with E-state index in [9.17, 15) is 4.79 Å². The molecule has 0 N–H and O–H groups in total. The van der Waals surface area contributed by atoms with Gasteiger partial charge in [-0.05, 0) is 70.8 Å². The van der Waals surface area contributed by atoms with E-state index in [4.69, 9.17) is 4.74 Å². The average Bonchev–Trinajstić information content (AvgIpc) is 3.49. The van der Waals surface area contributed by atoms with Crippen LogP contribution in [0.4, 0.5) is 0 Å². The molecule has 0 aromatic carbocycles. The zero-order chi connectivity index (χ0) is 33.0. The first-order valence-electron chi connectivity index (χ1n) is 20.7. The van der Waals surface area contributed by atoms with Crippen molar-refractivity contribution in [3.05, 3.63) is 0 Å². The minimum absolute atomic E-state index is 0.0385. The van der Waals surface area contributed by atoms with Gasteiger partial charge < -0.3 is 4.74 Å². The number of hydrogen-bond acceptors (Lipinski definition) is 3. The van der Waals surface area contributed by atoms with Crippen molar-refractivity contribution in [3.8, 4) is 0 Å². The summed E-state index contributed by atoms with van der Waals surface area (Å²) in [5, 5.41) is 0. The predicted molar refractivity (Wildman–Crippen MR) is 199 cm³/mol. The summed E-state index contributed by atoms with van der Waals surface area (Å²) in [4.78, 5) is 15.1. The number of ether oxygens (including phenoxy) is 1. The Bertz CT molecular complexity index is 646. The van der Waals surface area contributed by atoms with Gasteiger partial charge in [-0.3, -0.25) is 9.69 Å². The summed E-state index contributed by atoms with van der Waals surface area (Å²) in [7, 11) is 0. The molecule has 3 nitrogen and oxygen atoms in total. The van der Waals surface area contributed by atoms with Gasteiger partial charge >= 0.3 is 5.97 Å². The van der Waals surface area contributed by atoms with Crippen LogP contribution in [0, 0.1) is 17.8 Å². The van der Waals surface area contributed by atoms with Crippen LogP contribution in [0.1, 0.15) is 221 Å². The predicted octanol–water partition coefficient (Wildman–Crippen LogP) is 13.5. The maximum absolute atomic E-state index is 12.3. The van der Waals surface area contributed by atoms with E-state index in [1.165, 1.54) is 174 Å². The van der Waals surface area contributed by atoms with E-state index in [1.54, 1.807) is 0 Å². The summed E-state index contributed by atoms with van der Waals surface area (Å²) >= 11 is 0. The summed E-state index contributed by atoms with van der Waals surface area (Å²) in [5.74, 6) is 2.63.